The second-order valence-electron chi connectivity index (χ2n) is 2.78. The third kappa shape index (κ3) is 3.35. The molecule has 0 bridgehead atoms. The molecule has 1 atom stereocenters. The van der Waals surface area contributed by atoms with Crippen molar-refractivity contribution in [2.75, 3.05) is 0 Å². The molecule has 17 heavy (non-hydrogen) atoms. The van der Waals surface area contributed by atoms with Crippen LogP contribution in [0.15, 0.2) is 30.3 Å². The molecule has 0 aliphatic heterocycles. The van der Waals surface area contributed by atoms with E-state index in [0.29, 0.717) is 0 Å². The minimum Gasteiger partial charge on any atom is -0.278 e. The Labute approximate surface area is 97.1 Å². The minimum absolute atomic E-state index is 0.583. The maximum absolute atomic E-state index is 11.9. The molecule has 0 radical (unpaired) electrons. The first-order chi connectivity index (χ1) is 7.56. The van der Waals surface area contributed by atoms with Crippen molar-refractivity contribution < 1.29 is 34.5 Å². The first kappa shape index (κ1) is 14.3. The van der Waals surface area contributed by atoms with Gasteiger partial charge < -0.3 is 0 Å². The SMILES string of the molecule is O=P(OS(=O)(=O)O)(c1ccccc1)S(=O)(=O)O. The average molecular weight is 302 g/mol. The maximum Gasteiger partial charge on any atom is 0.404 e. The molecular weight excluding hydrogens is 295 g/mol. The topological polar surface area (TPSA) is 135 Å². The molecule has 1 aromatic rings. The van der Waals surface area contributed by atoms with Crippen molar-refractivity contribution in [1.82, 2.24) is 0 Å². The molecule has 0 heterocycles. The molecule has 0 fully saturated rings. The molecule has 0 aliphatic rings. The molecular formula is C6H7O8PS2. The fraction of sp³-hybridized carbons (Fsp3) is 0. The summed E-state index contributed by atoms with van der Waals surface area (Å²) < 4.78 is 75.4. The molecule has 0 spiro atoms. The molecule has 0 saturated heterocycles. The lowest BCUT2D eigenvalue weighted by Gasteiger charge is -2.12. The van der Waals surface area contributed by atoms with Crippen LogP contribution < -0.4 is 5.30 Å². The van der Waals surface area contributed by atoms with E-state index in [1.165, 1.54) is 18.2 Å². The van der Waals surface area contributed by atoms with Crippen LogP contribution in [0.25, 0.3) is 0 Å². The van der Waals surface area contributed by atoms with Gasteiger partial charge in [0.15, 0.2) is 0 Å². The first-order valence-corrected chi connectivity index (χ1v) is 8.92. The van der Waals surface area contributed by atoms with Gasteiger partial charge in [-0.05, 0) is 12.1 Å². The second-order valence-corrected chi connectivity index (χ2v) is 9.47. The first-order valence-electron chi connectivity index (χ1n) is 3.88. The second kappa shape index (κ2) is 4.48. The molecule has 96 valence electrons. The summed E-state index contributed by atoms with van der Waals surface area (Å²) in [5.74, 6) is 0. The summed E-state index contributed by atoms with van der Waals surface area (Å²) in [6.45, 7) is -5.19. The van der Waals surface area contributed by atoms with Crippen LogP contribution in [0, 0.1) is 0 Å². The molecule has 0 amide bonds. The van der Waals surface area contributed by atoms with E-state index in [1.807, 2.05) is 0 Å². The molecule has 1 unspecified atom stereocenters. The van der Waals surface area contributed by atoms with Gasteiger partial charge in [-0.1, -0.05) is 18.2 Å². The van der Waals surface area contributed by atoms with Crippen molar-refractivity contribution in [3.8, 4) is 0 Å². The maximum atomic E-state index is 11.9. The molecule has 0 aromatic heterocycles. The van der Waals surface area contributed by atoms with Crippen LogP contribution in [0.3, 0.4) is 0 Å². The zero-order valence-electron chi connectivity index (χ0n) is 7.99. The highest BCUT2D eigenvalue weighted by Gasteiger charge is 2.44. The Morgan fingerprint density at radius 2 is 1.47 bits per heavy atom. The van der Waals surface area contributed by atoms with Crippen LogP contribution in [0.1, 0.15) is 0 Å². The predicted molar refractivity (Wildman–Crippen MR) is 57.9 cm³/mol. The van der Waals surface area contributed by atoms with Gasteiger partial charge >= 0.3 is 26.7 Å². The number of benzene rings is 1. The fourth-order valence-corrected chi connectivity index (χ4v) is 5.95. The van der Waals surface area contributed by atoms with Gasteiger partial charge in [-0.15, -0.1) is 0 Å². The van der Waals surface area contributed by atoms with Crippen molar-refractivity contribution in [2.24, 2.45) is 0 Å². The van der Waals surface area contributed by atoms with Gasteiger partial charge in [0.2, 0.25) is 0 Å². The smallest absolute Gasteiger partial charge is 0.278 e. The normalized spacial score (nSPS) is 16.4. The minimum atomic E-state index is -5.36. The van der Waals surface area contributed by atoms with Crippen LogP contribution in [0.2, 0.25) is 0 Å². The van der Waals surface area contributed by atoms with Crippen molar-refractivity contribution in [2.45, 2.75) is 0 Å². The number of hydrogen-bond donors (Lipinski definition) is 2. The van der Waals surface area contributed by atoms with Crippen molar-refractivity contribution in [1.29, 1.82) is 0 Å². The van der Waals surface area contributed by atoms with Crippen LogP contribution in [-0.2, 0) is 28.7 Å². The summed E-state index contributed by atoms with van der Waals surface area (Å²) in [4.78, 5) is 0. The van der Waals surface area contributed by atoms with Crippen molar-refractivity contribution >= 4 is 32.0 Å². The lowest BCUT2D eigenvalue weighted by molar-refractivity contribution is 0.385. The Balaban J connectivity index is 3.49. The summed E-state index contributed by atoms with van der Waals surface area (Å²) >= 11 is 0. The van der Waals surface area contributed by atoms with Crippen molar-refractivity contribution in [3.63, 3.8) is 0 Å². The molecule has 8 nitrogen and oxygen atoms in total. The summed E-state index contributed by atoms with van der Waals surface area (Å²) in [7, 11) is -10.7. The Morgan fingerprint density at radius 3 is 1.82 bits per heavy atom. The zero-order valence-corrected chi connectivity index (χ0v) is 10.5. The van der Waals surface area contributed by atoms with E-state index >= 15 is 0 Å². The monoisotopic (exact) mass is 302 g/mol. The summed E-state index contributed by atoms with van der Waals surface area (Å²) in [5, 5.41) is -0.583. The van der Waals surface area contributed by atoms with Gasteiger partial charge in [0.25, 0.3) is 0 Å². The fourth-order valence-electron chi connectivity index (χ4n) is 0.949. The molecule has 0 saturated carbocycles. The van der Waals surface area contributed by atoms with Gasteiger partial charge in [0.05, 0.1) is 5.30 Å². The molecule has 1 aromatic carbocycles. The highest BCUT2D eigenvalue weighted by molar-refractivity contribution is 8.51. The Bertz CT molecular complexity index is 647. The van der Waals surface area contributed by atoms with Crippen LogP contribution in [-0.4, -0.2) is 25.9 Å². The molecule has 11 heteroatoms. The van der Waals surface area contributed by atoms with E-state index in [-0.39, 0.29) is 0 Å². The Kier molecular flexibility index (Phi) is 3.77. The highest BCUT2D eigenvalue weighted by atomic mass is 32.8. The highest BCUT2D eigenvalue weighted by Crippen LogP contribution is 2.52. The van der Waals surface area contributed by atoms with E-state index in [2.05, 4.69) is 3.97 Å². The van der Waals surface area contributed by atoms with Crippen LogP contribution >= 0.6 is 6.57 Å². The summed E-state index contributed by atoms with van der Waals surface area (Å²) in [6, 6.07) is 5.88. The zero-order chi connectivity index (χ0) is 13.3. The third-order valence-corrected chi connectivity index (χ3v) is 7.65. The number of rotatable bonds is 4. The van der Waals surface area contributed by atoms with Crippen molar-refractivity contribution in [3.05, 3.63) is 30.3 Å². The van der Waals surface area contributed by atoms with Gasteiger partial charge in [-0.2, -0.15) is 20.8 Å². The van der Waals surface area contributed by atoms with E-state index in [4.69, 9.17) is 9.11 Å². The average Bonchev–Trinajstić information content (AvgIpc) is 2.14. The lowest BCUT2D eigenvalue weighted by Crippen LogP contribution is -2.17. The third-order valence-electron chi connectivity index (χ3n) is 1.57. The summed E-state index contributed by atoms with van der Waals surface area (Å²) in [6.07, 6.45) is 0. The summed E-state index contributed by atoms with van der Waals surface area (Å²) in [5.41, 5.74) is 0. The van der Waals surface area contributed by atoms with E-state index in [0.717, 1.165) is 12.1 Å². The number of hydrogen-bond acceptors (Lipinski definition) is 6. The van der Waals surface area contributed by atoms with E-state index < -0.39 is 32.0 Å². The Hall–Kier alpha value is -0.770. The standard InChI is InChI=1S/C6H7O8PS2/c7-15(17(11,12)13,14-16(8,9)10)6-4-2-1-3-5-6/h1-5H,(H,8,9,10)(H,11,12,13). The van der Waals surface area contributed by atoms with Crippen LogP contribution in [0.5, 0.6) is 0 Å². The van der Waals surface area contributed by atoms with Gasteiger partial charge in [0.1, 0.15) is 0 Å². The van der Waals surface area contributed by atoms with Crippen LogP contribution in [0.4, 0.5) is 0 Å². The lowest BCUT2D eigenvalue weighted by atomic mass is 10.4. The molecule has 2 N–H and O–H groups in total. The molecule has 0 aliphatic carbocycles. The van der Waals surface area contributed by atoms with Gasteiger partial charge in [-0.3, -0.25) is 13.7 Å². The van der Waals surface area contributed by atoms with Gasteiger partial charge in [0, 0.05) is 0 Å². The van der Waals surface area contributed by atoms with E-state index in [1.54, 1.807) is 0 Å². The Morgan fingerprint density at radius 1 is 1.00 bits per heavy atom. The molecule has 1 rings (SSSR count). The quantitative estimate of drug-likeness (QED) is 0.595. The largest absolute Gasteiger partial charge is 0.404 e. The van der Waals surface area contributed by atoms with Gasteiger partial charge in [-0.25, -0.2) is 0 Å². The van der Waals surface area contributed by atoms with E-state index in [9.17, 15) is 21.4 Å². The predicted octanol–water partition coefficient (Wildman–Crippen LogP) is 0.212.